The normalized spacial score (nSPS) is 24.1. The van der Waals surface area contributed by atoms with Gasteiger partial charge in [0.05, 0.1) is 18.2 Å². The fraction of sp³-hybridized carbons (Fsp3) is 0.388. The molecule has 1 fully saturated rings. The van der Waals surface area contributed by atoms with Crippen molar-refractivity contribution in [3.63, 3.8) is 0 Å². The maximum atomic E-state index is 14.6. The molecule has 2 heterocycles. The lowest BCUT2D eigenvalue weighted by Crippen LogP contribution is -2.69. The van der Waals surface area contributed by atoms with E-state index in [-0.39, 0.29) is 50.3 Å². The first-order valence-electron chi connectivity index (χ1n) is 21.0. The van der Waals surface area contributed by atoms with E-state index in [1.807, 2.05) is 42.5 Å². The number of carbonyl (C=O) groups excluding carboxylic acids is 1. The summed E-state index contributed by atoms with van der Waals surface area (Å²) in [4.78, 5) is 21.9. The molecular weight excluding hydrogens is 761 g/mol. The predicted octanol–water partition coefficient (Wildman–Crippen LogP) is 8.91. The Morgan fingerprint density at radius 1 is 0.883 bits per heavy atom. The highest BCUT2D eigenvalue weighted by Crippen LogP contribution is 2.62. The average Bonchev–Trinajstić information content (AvgIpc) is 3.76. The summed E-state index contributed by atoms with van der Waals surface area (Å²) in [6.07, 6.45) is 9.02. The first-order chi connectivity index (χ1) is 29.4. The minimum atomic E-state index is -1.37. The summed E-state index contributed by atoms with van der Waals surface area (Å²) in [5.41, 5.74) is 5.33. The highest BCUT2D eigenvalue weighted by Gasteiger charge is 2.65. The number of rotatable bonds is 17. The van der Waals surface area contributed by atoms with Crippen molar-refractivity contribution in [1.29, 1.82) is 0 Å². The average molecular weight is 815 g/mol. The molecule has 2 aliphatic heterocycles. The van der Waals surface area contributed by atoms with Gasteiger partial charge < -0.3 is 43.6 Å². The Hall–Kier alpha value is -5.62. The molecule has 0 unspecified atom stereocenters. The number of ether oxygens (including phenoxy) is 5. The molecule has 314 valence electrons. The molecule has 8 rings (SSSR count). The highest BCUT2D eigenvalue weighted by atomic mass is 16.7. The molecule has 0 radical (unpaired) electrons. The van der Waals surface area contributed by atoms with Crippen LogP contribution < -0.4 is 18.9 Å². The third-order valence-corrected chi connectivity index (χ3v) is 12.5. The summed E-state index contributed by atoms with van der Waals surface area (Å²) in [7, 11) is 3.32. The van der Waals surface area contributed by atoms with Crippen molar-refractivity contribution in [2.24, 2.45) is 22.9 Å². The number of hydrogen-bond donors (Lipinski definition) is 2. The largest absolute Gasteiger partial charge is 0.459 e. The van der Waals surface area contributed by atoms with Gasteiger partial charge >= 0.3 is 0 Å². The van der Waals surface area contributed by atoms with E-state index in [0.717, 1.165) is 53.7 Å². The van der Waals surface area contributed by atoms with Crippen LogP contribution >= 0.6 is 0 Å². The third-order valence-electron chi connectivity index (χ3n) is 12.5. The topological polar surface area (TPSA) is 129 Å². The number of nitrogens with zero attached hydrogens (tertiary/aromatic N) is 2. The van der Waals surface area contributed by atoms with Gasteiger partial charge in [-0.1, -0.05) is 72.6 Å². The molecule has 4 aromatic carbocycles. The summed E-state index contributed by atoms with van der Waals surface area (Å²) in [5, 5.41) is 24.4. The third kappa shape index (κ3) is 8.01. The van der Waals surface area contributed by atoms with Gasteiger partial charge in [0, 0.05) is 43.7 Å². The van der Waals surface area contributed by atoms with E-state index in [9.17, 15) is 15.0 Å². The van der Waals surface area contributed by atoms with Gasteiger partial charge in [0.15, 0.2) is 11.5 Å². The zero-order valence-electron chi connectivity index (χ0n) is 34.3. The van der Waals surface area contributed by atoms with Crippen LogP contribution in [-0.4, -0.2) is 79.3 Å². The molecule has 4 aromatic rings. The number of carbonyl (C=O) groups is 1. The summed E-state index contributed by atoms with van der Waals surface area (Å²) in [6.45, 7) is 4.50. The van der Waals surface area contributed by atoms with Crippen molar-refractivity contribution in [3.8, 4) is 39.9 Å². The second-order valence-electron chi connectivity index (χ2n) is 15.9. The number of oxime groups is 1. The van der Waals surface area contributed by atoms with Crippen LogP contribution in [0.15, 0.2) is 120 Å². The van der Waals surface area contributed by atoms with E-state index in [0.29, 0.717) is 53.6 Å². The monoisotopic (exact) mass is 814 g/mol. The van der Waals surface area contributed by atoms with Crippen LogP contribution in [0.2, 0.25) is 0 Å². The lowest BCUT2D eigenvalue weighted by molar-refractivity contribution is -0.252. The van der Waals surface area contributed by atoms with Gasteiger partial charge in [0.25, 0.3) is 5.91 Å². The number of aliphatic hydroxyl groups is 2. The van der Waals surface area contributed by atoms with Gasteiger partial charge in [-0.25, -0.2) is 0 Å². The Labute approximate surface area is 351 Å². The Kier molecular flexibility index (Phi) is 12.6. The molecular formula is C49H54N2O9. The molecule has 1 saturated carbocycles. The van der Waals surface area contributed by atoms with Crippen molar-refractivity contribution in [2.45, 2.75) is 62.7 Å². The van der Waals surface area contributed by atoms with Crippen molar-refractivity contribution in [1.82, 2.24) is 4.90 Å². The maximum Gasteiger partial charge on any atom is 0.254 e. The SMILES string of the molecule is C=CCO[C@@]12Oc3ccc(Oc4ccc(-c5ccccc5)cc4)cc3[C@H]3[C@H](CCCCO)[C@@H](CCCCO)C=C(C(=NOC)C[C@@H]1N(C)C(=O)c1ccc4c(c1)OCO4)[C@H]32. The van der Waals surface area contributed by atoms with E-state index in [4.69, 9.17) is 28.5 Å². The van der Waals surface area contributed by atoms with Crippen LogP contribution in [0.3, 0.4) is 0 Å². The smallest absolute Gasteiger partial charge is 0.254 e. The van der Waals surface area contributed by atoms with Crippen LogP contribution in [-0.2, 0) is 9.57 Å². The Morgan fingerprint density at radius 2 is 1.60 bits per heavy atom. The lowest BCUT2D eigenvalue weighted by atomic mass is 9.55. The molecule has 1 amide bonds. The Morgan fingerprint density at radius 3 is 2.35 bits per heavy atom. The van der Waals surface area contributed by atoms with E-state index in [1.165, 1.54) is 0 Å². The number of aliphatic hydroxyl groups excluding tert-OH is 2. The molecule has 2 N–H and O–H groups in total. The molecule has 4 aliphatic rings. The predicted molar refractivity (Wildman–Crippen MR) is 229 cm³/mol. The maximum absolute atomic E-state index is 14.6. The Balaban J connectivity index is 1.25. The van der Waals surface area contributed by atoms with Gasteiger partial charge in [0.2, 0.25) is 12.6 Å². The van der Waals surface area contributed by atoms with Crippen molar-refractivity contribution < 1.29 is 43.5 Å². The molecule has 2 aliphatic carbocycles. The molecule has 0 spiro atoms. The molecule has 0 bridgehead atoms. The second kappa shape index (κ2) is 18.3. The van der Waals surface area contributed by atoms with Crippen LogP contribution in [0.1, 0.15) is 66.8 Å². The van der Waals surface area contributed by atoms with E-state index < -0.39 is 17.7 Å². The van der Waals surface area contributed by atoms with E-state index in [2.05, 4.69) is 48.1 Å². The van der Waals surface area contributed by atoms with Crippen LogP contribution in [0.5, 0.6) is 28.7 Å². The van der Waals surface area contributed by atoms with E-state index >= 15 is 0 Å². The quantitative estimate of drug-likeness (QED) is 0.0610. The summed E-state index contributed by atoms with van der Waals surface area (Å²) >= 11 is 0. The van der Waals surface area contributed by atoms with Gasteiger partial charge in [0.1, 0.15) is 30.4 Å². The molecule has 0 saturated heterocycles. The minimum absolute atomic E-state index is 0.0798. The van der Waals surface area contributed by atoms with Crippen molar-refractivity contribution >= 4 is 11.6 Å². The van der Waals surface area contributed by atoms with Crippen LogP contribution in [0, 0.1) is 17.8 Å². The fourth-order valence-corrected chi connectivity index (χ4v) is 9.76. The lowest BCUT2D eigenvalue weighted by Gasteiger charge is -2.59. The standard InChI is InChI=1S/C49H54N2O9/c1-4-26-58-49-45(51(2)48(54)35-18-22-43-44(28-35)57-31-56-43)30-41(50-55-3)39-27-34(14-8-10-24-52)38(15-9-11-25-53)46(47(39)49)40-29-37(21-23-42(40)60-49)59-36-19-16-33(17-20-36)32-12-6-5-7-13-32/h4-7,12-13,16-23,27-29,34,38,45-47,52-53H,1,8-11,14-15,24-26,30-31H2,2-3H3/t34-,38+,45-,46+,47+,49+/m0/s1. The first-order valence-corrected chi connectivity index (χ1v) is 21.0. The zero-order valence-corrected chi connectivity index (χ0v) is 34.3. The number of likely N-dealkylation sites (N-methyl/N-ethyl adjacent to an activating group) is 1. The van der Waals surface area contributed by atoms with Gasteiger partial charge in [-0.15, -0.1) is 6.58 Å². The van der Waals surface area contributed by atoms with Gasteiger partial charge in [-0.3, -0.25) is 4.79 Å². The zero-order chi connectivity index (χ0) is 41.6. The fourth-order valence-electron chi connectivity index (χ4n) is 9.76. The van der Waals surface area contributed by atoms with Crippen LogP contribution in [0.25, 0.3) is 11.1 Å². The second-order valence-corrected chi connectivity index (χ2v) is 15.9. The van der Waals surface area contributed by atoms with Crippen LogP contribution in [0.4, 0.5) is 0 Å². The number of amides is 1. The van der Waals surface area contributed by atoms with Crippen molar-refractivity contribution in [3.05, 3.63) is 126 Å². The minimum Gasteiger partial charge on any atom is -0.459 e. The van der Waals surface area contributed by atoms with E-state index in [1.54, 1.807) is 43.3 Å². The first kappa shape index (κ1) is 41.1. The Bertz CT molecular complexity index is 2210. The number of fused-ring (bicyclic) bond motifs is 3. The number of unbranched alkanes of at least 4 members (excludes halogenated alkanes) is 2. The molecule has 60 heavy (non-hydrogen) atoms. The number of allylic oxidation sites excluding steroid dienone is 1. The molecule has 11 heteroatoms. The molecule has 6 atom stereocenters. The number of hydrogen-bond acceptors (Lipinski definition) is 10. The van der Waals surface area contributed by atoms with Crippen molar-refractivity contribution in [2.75, 3.05) is 40.8 Å². The summed E-state index contributed by atoms with van der Waals surface area (Å²) in [6, 6.07) is 28.8. The summed E-state index contributed by atoms with van der Waals surface area (Å²) < 4.78 is 32.0. The number of benzene rings is 4. The highest BCUT2D eigenvalue weighted by molar-refractivity contribution is 6.03. The summed E-state index contributed by atoms with van der Waals surface area (Å²) in [5.74, 6) is 1.09. The molecule has 0 aromatic heterocycles. The van der Waals surface area contributed by atoms with Gasteiger partial charge in [-0.2, -0.15) is 0 Å². The molecule has 11 nitrogen and oxygen atoms in total. The van der Waals surface area contributed by atoms with Gasteiger partial charge in [-0.05, 0) is 103 Å².